The lowest BCUT2D eigenvalue weighted by molar-refractivity contribution is -0.136. The van der Waals surface area contributed by atoms with Crippen LogP contribution in [0.4, 0.5) is 0 Å². The Morgan fingerprint density at radius 3 is 2.72 bits per heavy atom. The average Bonchev–Trinajstić information content (AvgIpc) is 2.83. The fraction of sp³-hybridized carbons (Fsp3) is 0.286. The lowest BCUT2D eigenvalue weighted by Gasteiger charge is -2.01. The predicted molar refractivity (Wildman–Crippen MR) is 68.3 cm³/mol. The molecule has 94 valence electrons. The minimum Gasteiger partial charge on any atom is -0.481 e. The Hall–Kier alpha value is -2.10. The second-order valence-corrected chi connectivity index (χ2v) is 4.23. The van der Waals surface area contributed by atoms with Crippen molar-refractivity contribution in [1.29, 1.82) is 0 Å². The number of carbonyl (C=O) groups is 1. The van der Waals surface area contributed by atoms with Crippen molar-refractivity contribution >= 4 is 5.97 Å². The number of nitrogens with zero attached hydrogens (tertiary/aromatic N) is 2. The number of hydrogen-bond donors (Lipinski definition) is 1. The van der Waals surface area contributed by atoms with Gasteiger partial charge < -0.3 is 9.67 Å². The van der Waals surface area contributed by atoms with Gasteiger partial charge in [0.15, 0.2) is 0 Å². The normalized spacial score (nSPS) is 10.4. The molecule has 4 nitrogen and oxygen atoms in total. The lowest BCUT2D eigenvalue weighted by Crippen LogP contribution is -1.99. The molecule has 0 atom stereocenters. The summed E-state index contributed by atoms with van der Waals surface area (Å²) in [7, 11) is 0. The van der Waals surface area contributed by atoms with Crippen LogP contribution in [0.2, 0.25) is 0 Å². The maximum absolute atomic E-state index is 10.5. The van der Waals surface area contributed by atoms with Crippen molar-refractivity contribution in [1.82, 2.24) is 9.55 Å². The van der Waals surface area contributed by atoms with Gasteiger partial charge >= 0.3 is 5.97 Å². The van der Waals surface area contributed by atoms with Gasteiger partial charge in [-0.15, -0.1) is 0 Å². The summed E-state index contributed by atoms with van der Waals surface area (Å²) in [5.74, 6) is -0.783. The summed E-state index contributed by atoms with van der Waals surface area (Å²) in [4.78, 5) is 14.7. The van der Waals surface area contributed by atoms with Gasteiger partial charge in [0.1, 0.15) is 0 Å². The standard InChI is InChI=1S/C14H16N2O2/c17-14(18)7-6-13-10-16(11-15-13)9-8-12-4-2-1-3-5-12/h1-5,10-11H,6-9H2,(H,17,18). The van der Waals surface area contributed by atoms with E-state index in [0.717, 1.165) is 18.7 Å². The summed E-state index contributed by atoms with van der Waals surface area (Å²) >= 11 is 0. The van der Waals surface area contributed by atoms with E-state index in [1.54, 1.807) is 6.33 Å². The van der Waals surface area contributed by atoms with Gasteiger partial charge in [-0.05, 0) is 12.0 Å². The minimum absolute atomic E-state index is 0.135. The first-order chi connectivity index (χ1) is 8.74. The first kappa shape index (κ1) is 12.4. The van der Waals surface area contributed by atoms with Gasteiger partial charge in [0.05, 0.1) is 18.4 Å². The molecular formula is C14H16N2O2. The van der Waals surface area contributed by atoms with Crippen molar-refractivity contribution in [2.75, 3.05) is 0 Å². The van der Waals surface area contributed by atoms with E-state index >= 15 is 0 Å². The number of carboxylic acids is 1. The molecule has 0 saturated carbocycles. The quantitative estimate of drug-likeness (QED) is 0.847. The Bertz CT molecular complexity index is 506. The van der Waals surface area contributed by atoms with E-state index in [-0.39, 0.29) is 6.42 Å². The molecule has 1 aromatic heterocycles. The molecule has 1 N–H and O–H groups in total. The summed E-state index contributed by atoms with van der Waals surface area (Å²) in [6.45, 7) is 0.865. The van der Waals surface area contributed by atoms with E-state index in [1.165, 1.54) is 5.56 Å². The number of hydrogen-bond acceptors (Lipinski definition) is 2. The van der Waals surface area contributed by atoms with Crippen LogP contribution in [0.25, 0.3) is 0 Å². The van der Waals surface area contributed by atoms with Gasteiger partial charge in [0, 0.05) is 19.2 Å². The van der Waals surface area contributed by atoms with E-state index < -0.39 is 5.97 Å². The number of aromatic nitrogens is 2. The molecule has 2 rings (SSSR count). The van der Waals surface area contributed by atoms with Crippen LogP contribution in [0.5, 0.6) is 0 Å². The van der Waals surface area contributed by atoms with Gasteiger partial charge in [0.25, 0.3) is 0 Å². The molecular weight excluding hydrogens is 228 g/mol. The smallest absolute Gasteiger partial charge is 0.303 e. The van der Waals surface area contributed by atoms with Crippen LogP contribution in [0.15, 0.2) is 42.9 Å². The summed E-state index contributed by atoms with van der Waals surface area (Å²) in [6.07, 6.45) is 5.27. The molecule has 0 aliphatic rings. The number of carboxylic acid groups (broad SMARTS) is 1. The second kappa shape index (κ2) is 6.00. The van der Waals surface area contributed by atoms with E-state index in [0.29, 0.717) is 6.42 Å². The first-order valence-electron chi connectivity index (χ1n) is 6.00. The maximum Gasteiger partial charge on any atom is 0.303 e. The average molecular weight is 244 g/mol. The molecule has 0 unspecified atom stereocenters. The minimum atomic E-state index is -0.783. The maximum atomic E-state index is 10.5. The third kappa shape index (κ3) is 3.73. The van der Waals surface area contributed by atoms with Crippen LogP contribution < -0.4 is 0 Å². The molecule has 1 aromatic carbocycles. The zero-order valence-corrected chi connectivity index (χ0v) is 10.1. The molecule has 0 aliphatic carbocycles. The van der Waals surface area contributed by atoms with Gasteiger partial charge in [-0.25, -0.2) is 4.98 Å². The van der Waals surface area contributed by atoms with E-state index in [2.05, 4.69) is 17.1 Å². The van der Waals surface area contributed by atoms with Gasteiger partial charge in [-0.2, -0.15) is 0 Å². The Morgan fingerprint density at radius 1 is 1.22 bits per heavy atom. The van der Waals surface area contributed by atoms with Gasteiger partial charge in [0.2, 0.25) is 0 Å². The molecule has 2 aromatic rings. The molecule has 1 heterocycles. The molecule has 0 bridgehead atoms. The van der Waals surface area contributed by atoms with Gasteiger partial charge in [-0.1, -0.05) is 30.3 Å². The third-order valence-electron chi connectivity index (χ3n) is 2.78. The SMILES string of the molecule is O=C(O)CCc1cn(CCc2ccccc2)cn1. The van der Waals surface area contributed by atoms with Crippen LogP contribution in [0, 0.1) is 0 Å². The van der Waals surface area contributed by atoms with E-state index in [9.17, 15) is 4.79 Å². The third-order valence-corrected chi connectivity index (χ3v) is 2.78. The summed E-state index contributed by atoms with van der Waals surface area (Å²) in [6, 6.07) is 10.3. The Balaban J connectivity index is 1.85. The van der Waals surface area contributed by atoms with Crippen molar-refractivity contribution in [2.45, 2.75) is 25.8 Å². The topological polar surface area (TPSA) is 55.1 Å². The summed E-state index contributed by atoms with van der Waals surface area (Å²) in [5, 5.41) is 8.60. The number of aliphatic carboxylic acids is 1. The van der Waals surface area contributed by atoms with Crippen LogP contribution >= 0.6 is 0 Å². The van der Waals surface area contributed by atoms with Crippen molar-refractivity contribution in [3.05, 3.63) is 54.1 Å². The van der Waals surface area contributed by atoms with Crippen LogP contribution in [0.1, 0.15) is 17.7 Å². The molecule has 0 fully saturated rings. The Kier molecular flexibility index (Phi) is 4.12. The monoisotopic (exact) mass is 244 g/mol. The number of benzene rings is 1. The zero-order chi connectivity index (χ0) is 12.8. The number of imidazole rings is 1. The fourth-order valence-electron chi connectivity index (χ4n) is 1.80. The molecule has 0 saturated heterocycles. The highest BCUT2D eigenvalue weighted by Gasteiger charge is 2.02. The molecule has 0 amide bonds. The van der Waals surface area contributed by atoms with Crippen molar-refractivity contribution < 1.29 is 9.90 Å². The van der Waals surface area contributed by atoms with Crippen molar-refractivity contribution in [3.8, 4) is 0 Å². The zero-order valence-electron chi connectivity index (χ0n) is 10.1. The van der Waals surface area contributed by atoms with Gasteiger partial charge in [-0.3, -0.25) is 4.79 Å². The molecule has 0 spiro atoms. The van der Waals surface area contributed by atoms with Crippen LogP contribution in [-0.2, 0) is 24.2 Å². The highest BCUT2D eigenvalue weighted by atomic mass is 16.4. The van der Waals surface area contributed by atoms with Crippen LogP contribution in [-0.4, -0.2) is 20.6 Å². The summed E-state index contributed by atoms with van der Waals surface area (Å²) < 4.78 is 2.00. The molecule has 0 radical (unpaired) electrons. The fourth-order valence-corrected chi connectivity index (χ4v) is 1.80. The van der Waals surface area contributed by atoms with Crippen molar-refractivity contribution in [2.24, 2.45) is 0 Å². The molecule has 4 heteroatoms. The second-order valence-electron chi connectivity index (χ2n) is 4.23. The first-order valence-corrected chi connectivity index (χ1v) is 6.00. The number of rotatable bonds is 6. The Morgan fingerprint density at radius 2 is 2.00 bits per heavy atom. The highest BCUT2D eigenvalue weighted by molar-refractivity contribution is 5.66. The number of aryl methyl sites for hydroxylation is 3. The predicted octanol–water partition coefficient (Wildman–Crippen LogP) is 2.14. The lowest BCUT2D eigenvalue weighted by atomic mass is 10.1. The van der Waals surface area contributed by atoms with Crippen LogP contribution in [0.3, 0.4) is 0 Å². The Labute approximate surface area is 106 Å². The largest absolute Gasteiger partial charge is 0.481 e. The van der Waals surface area contributed by atoms with E-state index in [1.807, 2.05) is 29.0 Å². The molecule has 18 heavy (non-hydrogen) atoms. The van der Waals surface area contributed by atoms with Crippen molar-refractivity contribution in [3.63, 3.8) is 0 Å². The van der Waals surface area contributed by atoms with E-state index in [4.69, 9.17) is 5.11 Å². The molecule has 0 aliphatic heterocycles. The summed E-state index contributed by atoms with van der Waals surface area (Å²) in [5.41, 5.74) is 2.13. The highest BCUT2D eigenvalue weighted by Crippen LogP contribution is 2.04.